The number of halogens is 2. The van der Waals surface area contributed by atoms with Crippen molar-refractivity contribution < 1.29 is 81.6 Å². The lowest BCUT2D eigenvalue weighted by atomic mass is 9.83. The Morgan fingerprint density at radius 3 is 2.32 bits per heavy atom. The number of benzene rings is 2. The summed E-state index contributed by atoms with van der Waals surface area (Å²) >= 11 is 10.3. The first-order valence-electron chi connectivity index (χ1n) is 27.3. The molecule has 0 aliphatic carbocycles. The largest absolute Gasteiger partial charge is 0.495 e. The molecule has 3 fully saturated rings. The van der Waals surface area contributed by atoms with Crippen molar-refractivity contribution in [3.63, 3.8) is 0 Å². The second-order valence-electron chi connectivity index (χ2n) is 21.5. The average molecular weight is 1260 g/mol. The molecular formula is C56H73BrClN9O17. The van der Waals surface area contributed by atoms with Gasteiger partial charge in [-0.2, -0.15) is 0 Å². The maximum atomic E-state index is 14.4. The minimum Gasteiger partial charge on any atom is -0.495 e. The minimum absolute atomic E-state index is 0.00812. The number of allylic oxidation sites excluding steroid dienone is 3. The highest BCUT2D eigenvalue weighted by Gasteiger charge is 2.64. The van der Waals surface area contributed by atoms with E-state index in [-0.39, 0.29) is 85.2 Å². The van der Waals surface area contributed by atoms with Gasteiger partial charge in [-0.25, -0.2) is 19.2 Å². The van der Waals surface area contributed by atoms with Gasteiger partial charge in [0.25, 0.3) is 11.8 Å². The average Bonchev–Trinajstić information content (AvgIpc) is 1.85. The number of hydrogen-bond acceptors (Lipinski definition) is 17. The Morgan fingerprint density at radius 2 is 1.67 bits per heavy atom. The van der Waals surface area contributed by atoms with E-state index >= 15 is 0 Å². The summed E-state index contributed by atoms with van der Waals surface area (Å²) in [5.74, 6) is -5.23. The fraction of sp³-hybridized carbons (Fsp3) is 0.536. The van der Waals surface area contributed by atoms with Gasteiger partial charge < -0.3 is 65.5 Å². The van der Waals surface area contributed by atoms with E-state index < -0.39 is 126 Å². The number of nitrogens with two attached hydrogens (primary N) is 1. The van der Waals surface area contributed by atoms with Crippen LogP contribution in [0.4, 0.5) is 31.4 Å². The zero-order chi connectivity index (χ0) is 61.8. The zero-order valence-electron chi connectivity index (χ0n) is 47.9. The molecule has 4 heterocycles. The summed E-state index contributed by atoms with van der Waals surface area (Å²) in [6.45, 7) is 8.73. The fourth-order valence-electron chi connectivity index (χ4n) is 9.98. The van der Waals surface area contributed by atoms with E-state index in [0.29, 0.717) is 22.9 Å². The molecule has 10 amide bonds. The highest BCUT2D eigenvalue weighted by Crippen LogP contribution is 2.49. The van der Waals surface area contributed by atoms with Gasteiger partial charge in [-0.05, 0) is 104 Å². The van der Waals surface area contributed by atoms with E-state index in [4.69, 9.17) is 45.9 Å². The minimum atomic E-state index is -1.91. The quantitative estimate of drug-likeness (QED) is 0.0472. The van der Waals surface area contributed by atoms with Gasteiger partial charge in [0.2, 0.25) is 23.6 Å². The molecule has 6 rings (SSSR count). The Morgan fingerprint density at radius 1 is 0.964 bits per heavy atom. The molecule has 0 saturated carbocycles. The van der Waals surface area contributed by atoms with Crippen LogP contribution in [0.25, 0.3) is 0 Å². The van der Waals surface area contributed by atoms with Crippen LogP contribution in [0.3, 0.4) is 0 Å². The van der Waals surface area contributed by atoms with Gasteiger partial charge in [-0.1, -0.05) is 56.2 Å². The number of nitrogens with one attached hydrogen (secondary N) is 6. The number of urea groups is 1. The number of anilines is 3. The number of hydroxylamine groups is 2. The van der Waals surface area contributed by atoms with Gasteiger partial charge in [-0.3, -0.25) is 39.4 Å². The second-order valence-corrected chi connectivity index (χ2v) is 22.8. The van der Waals surface area contributed by atoms with Gasteiger partial charge in [0.05, 0.1) is 31.0 Å². The molecule has 28 heteroatoms. The van der Waals surface area contributed by atoms with Crippen LogP contribution in [-0.2, 0) is 63.8 Å². The zero-order valence-corrected chi connectivity index (χ0v) is 50.3. The molecule has 458 valence electrons. The van der Waals surface area contributed by atoms with Gasteiger partial charge in [0.1, 0.15) is 46.8 Å². The number of aliphatic hydroxyl groups is 1. The Bertz CT molecular complexity index is 2910. The van der Waals surface area contributed by atoms with Crippen LogP contribution in [0.2, 0.25) is 5.02 Å². The van der Waals surface area contributed by atoms with Crippen LogP contribution in [0.5, 0.6) is 5.75 Å². The van der Waals surface area contributed by atoms with E-state index in [0.717, 1.165) is 11.1 Å². The van der Waals surface area contributed by atoms with Crippen LogP contribution in [0, 0.1) is 11.8 Å². The molecule has 0 spiro atoms. The Balaban J connectivity index is 1.15. The Labute approximate surface area is 499 Å². The number of unbranched alkanes of at least 4 members (excludes halogenated alkanes) is 1. The molecule has 84 heavy (non-hydrogen) atoms. The lowest BCUT2D eigenvalue weighted by Gasteiger charge is -2.42. The lowest BCUT2D eigenvalue weighted by molar-refractivity contribution is -0.197. The van der Waals surface area contributed by atoms with Crippen molar-refractivity contribution in [2.24, 2.45) is 17.6 Å². The number of methoxy groups -OCH3 is 2. The fourth-order valence-corrected chi connectivity index (χ4v) is 10.8. The van der Waals surface area contributed by atoms with Crippen molar-refractivity contribution in [2.75, 3.05) is 43.3 Å². The number of nitrogens with zero attached hydrogens (tertiary/aromatic N) is 2. The van der Waals surface area contributed by atoms with Crippen molar-refractivity contribution in [1.29, 1.82) is 0 Å². The Hall–Kier alpha value is -7.33. The van der Waals surface area contributed by atoms with Crippen molar-refractivity contribution >= 4 is 104 Å². The second kappa shape index (κ2) is 29.0. The highest BCUT2D eigenvalue weighted by molar-refractivity contribution is 9.10. The molecule has 0 aromatic heterocycles. The summed E-state index contributed by atoms with van der Waals surface area (Å²) in [6.07, 6.45) is -0.714. The molecule has 2 aromatic rings. The maximum absolute atomic E-state index is 14.4. The number of rotatable bonds is 20. The van der Waals surface area contributed by atoms with Gasteiger partial charge in [0, 0.05) is 68.9 Å². The third-order valence-corrected chi connectivity index (χ3v) is 15.8. The SMILES string of the molecule is COc1cc2cc(c1Cl)N(C)C(=O)C[C@H](OC(=O)Nc1ccc(NC(=O)[C@H](CCCNC(N)=O)NC(=O)[C@@H](NC(=O)CCCCC(=O)ON3C(=O)CCC3=O)C(C)C)c(Br)c1)[C@]1(C)O[C@H]1[C@H](C)[C@@H]1C[C@@](O)(NC(=O)O1)[C@H](OC)/C=C/C=C(\C)C2. The molecule has 4 bridgehead atoms. The summed E-state index contributed by atoms with van der Waals surface area (Å²) < 4.78 is 29.6. The third kappa shape index (κ3) is 17.2. The monoisotopic (exact) mass is 1260 g/mol. The number of carbonyl (C=O) groups is 10. The number of hydrogen-bond donors (Lipinski definition) is 8. The summed E-state index contributed by atoms with van der Waals surface area (Å²) in [7, 11) is 4.37. The van der Waals surface area contributed by atoms with E-state index in [1.54, 1.807) is 52.0 Å². The molecule has 9 N–H and O–H groups in total. The first kappa shape index (κ1) is 65.8. The maximum Gasteiger partial charge on any atom is 0.412 e. The van der Waals surface area contributed by atoms with Crippen LogP contribution in [0.15, 0.2) is 58.6 Å². The number of imide groups is 1. The number of primary amides is 1. The highest BCUT2D eigenvalue weighted by atomic mass is 79.9. The first-order valence-corrected chi connectivity index (χ1v) is 28.5. The van der Waals surface area contributed by atoms with Crippen molar-refractivity contribution in [2.45, 2.75) is 153 Å². The topological polar surface area (TPSA) is 354 Å². The summed E-state index contributed by atoms with van der Waals surface area (Å²) in [5, 5.41) is 28.2. The van der Waals surface area contributed by atoms with E-state index in [2.05, 4.69) is 47.8 Å². The Kier molecular flexibility index (Phi) is 22.7. The summed E-state index contributed by atoms with van der Waals surface area (Å²) in [5.41, 5.74) is 4.29. The van der Waals surface area contributed by atoms with Gasteiger partial charge >= 0.3 is 24.2 Å². The molecule has 4 aliphatic rings. The summed E-state index contributed by atoms with van der Waals surface area (Å²) in [4.78, 5) is 136. The number of carbonyl (C=O) groups excluding carboxylic acids is 10. The van der Waals surface area contributed by atoms with Crippen LogP contribution >= 0.6 is 27.5 Å². The predicted molar refractivity (Wildman–Crippen MR) is 307 cm³/mol. The van der Waals surface area contributed by atoms with E-state index in [9.17, 15) is 53.1 Å². The molecule has 9 atom stereocenters. The predicted octanol–water partition coefficient (Wildman–Crippen LogP) is 5.32. The molecule has 2 aromatic carbocycles. The third-order valence-electron chi connectivity index (χ3n) is 14.8. The van der Waals surface area contributed by atoms with Gasteiger partial charge in [-0.15, -0.1) is 5.06 Å². The van der Waals surface area contributed by atoms with Crippen molar-refractivity contribution in [3.8, 4) is 5.75 Å². The molecule has 3 saturated heterocycles. The van der Waals surface area contributed by atoms with Gasteiger partial charge in [0.15, 0.2) is 5.72 Å². The molecule has 0 unspecified atom stereocenters. The lowest BCUT2D eigenvalue weighted by Crippen LogP contribution is -2.63. The van der Waals surface area contributed by atoms with Crippen molar-refractivity contribution in [1.82, 2.24) is 26.3 Å². The number of fused-ring (bicyclic) bond motifs is 5. The molecule has 4 aliphatic heterocycles. The van der Waals surface area contributed by atoms with E-state index in [1.807, 2.05) is 13.0 Å². The molecule has 26 nitrogen and oxygen atoms in total. The van der Waals surface area contributed by atoms with E-state index in [1.165, 1.54) is 44.4 Å². The van der Waals surface area contributed by atoms with Crippen LogP contribution in [0.1, 0.15) is 104 Å². The van der Waals surface area contributed by atoms with Crippen molar-refractivity contribution in [3.05, 3.63) is 69.2 Å². The summed E-state index contributed by atoms with van der Waals surface area (Å²) in [6, 6.07) is 4.76. The normalized spacial score (nSPS) is 25.1. The number of epoxide rings is 1. The number of amides is 10. The molecule has 0 radical (unpaired) electrons. The standard InChI is InChI=1S/C56H73BrClN9O17/c1-29(2)48(64-42(68)16-9-10-17-46(72)84-67-43(69)20-21-44(67)70)51(74)63-36(14-12-22-60-52(59)75)50(73)62-35-19-18-33(26-34(35)57)61-53(76)82-41-27-45(71)66(6)37-24-32(25-38(79-7)47(37)58)23-30(3)13-11-15-40(80-8)56(78)28-39(81-54(77)65-56)31(4)49-55(41,5)83-49/h11,13,15,18-19,24-26,29,31,36,39-41,48-49,78H,9-10,12,14,16-17,20-23,27-28H2,1-8H3,(H,61,76)(H,62,73)(H,63,74)(H,64,68)(H,65,77)(H3,59,60,75)/b15-11+,30-13+/t31-,36+,39+,40-,41+,48+,49+,55+,56+/m1/s1. The first-order chi connectivity index (χ1) is 39.7. The van der Waals surface area contributed by atoms with Crippen LogP contribution < -0.4 is 47.3 Å². The smallest absolute Gasteiger partial charge is 0.412 e. The molecular weight excluding hydrogens is 1190 g/mol. The van der Waals surface area contributed by atoms with Crippen LogP contribution in [-0.4, -0.2) is 145 Å². The number of alkyl carbamates (subject to hydrolysis) is 1. The number of ether oxygens (including phenoxy) is 5.